The molecule has 1 heterocycles. The van der Waals surface area contributed by atoms with Crippen LogP contribution >= 0.6 is 24.0 Å². The molecule has 132 valence electrons. The van der Waals surface area contributed by atoms with Gasteiger partial charge >= 0.3 is 0 Å². The summed E-state index contributed by atoms with van der Waals surface area (Å²) in [7, 11) is 4.02. The van der Waals surface area contributed by atoms with Crippen LogP contribution in [0.5, 0.6) is 0 Å². The first kappa shape index (κ1) is 20.3. The van der Waals surface area contributed by atoms with E-state index < -0.39 is 0 Å². The fraction of sp³-hybridized carbons (Fsp3) is 0.765. The normalized spacial score (nSPS) is 21.6. The van der Waals surface area contributed by atoms with Crippen LogP contribution in [0.15, 0.2) is 23.5 Å². The predicted octanol–water partition coefficient (Wildman–Crippen LogP) is 3.22. The number of aliphatic imine (C=N–C) groups is 1. The van der Waals surface area contributed by atoms with Gasteiger partial charge in [-0.3, -0.25) is 9.67 Å². The smallest absolute Gasteiger partial charge is 0.193 e. The van der Waals surface area contributed by atoms with Crippen molar-refractivity contribution in [2.45, 2.75) is 45.6 Å². The van der Waals surface area contributed by atoms with E-state index in [2.05, 4.69) is 34.3 Å². The highest BCUT2D eigenvalue weighted by Crippen LogP contribution is 2.28. The monoisotopic (exact) mass is 433 g/mol. The SMILES string of the molecule is CN=C(NCCCn1cccn1)N(C)CC1CCC(C)CC1.I. The Hall–Kier alpha value is -0.790. The molecule has 1 aromatic heterocycles. The number of rotatable bonds is 6. The lowest BCUT2D eigenvalue weighted by molar-refractivity contribution is 0.250. The summed E-state index contributed by atoms with van der Waals surface area (Å²) in [6, 6.07) is 1.96. The summed E-state index contributed by atoms with van der Waals surface area (Å²) in [5, 5.41) is 7.68. The summed E-state index contributed by atoms with van der Waals surface area (Å²) in [6.07, 6.45) is 10.4. The van der Waals surface area contributed by atoms with Crippen molar-refractivity contribution < 1.29 is 0 Å². The van der Waals surface area contributed by atoms with Gasteiger partial charge in [-0.2, -0.15) is 5.10 Å². The van der Waals surface area contributed by atoms with E-state index >= 15 is 0 Å². The Kier molecular flexibility index (Phi) is 9.59. The highest BCUT2D eigenvalue weighted by molar-refractivity contribution is 14.0. The van der Waals surface area contributed by atoms with Gasteiger partial charge in [0.15, 0.2) is 5.96 Å². The van der Waals surface area contributed by atoms with Gasteiger partial charge in [-0.25, -0.2) is 0 Å². The molecule has 1 aliphatic rings. The third-order valence-corrected chi connectivity index (χ3v) is 4.65. The van der Waals surface area contributed by atoms with Gasteiger partial charge in [-0.15, -0.1) is 24.0 Å². The van der Waals surface area contributed by atoms with Crippen LogP contribution in [0.2, 0.25) is 0 Å². The number of hydrogen-bond donors (Lipinski definition) is 1. The molecule has 0 aliphatic heterocycles. The molecular weight excluding hydrogens is 401 g/mol. The van der Waals surface area contributed by atoms with E-state index in [-0.39, 0.29) is 24.0 Å². The topological polar surface area (TPSA) is 45.5 Å². The molecule has 1 aromatic rings. The molecule has 0 bridgehead atoms. The Morgan fingerprint density at radius 2 is 2.09 bits per heavy atom. The molecule has 0 amide bonds. The number of aryl methyl sites for hydroxylation is 1. The molecule has 0 atom stereocenters. The molecular formula is C17H32IN5. The maximum atomic E-state index is 4.41. The highest BCUT2D eigenvalue weighted by atomic mass is 127. The number of nitrogens with zero attached hydrogens (tertiary/aromatic N) is 4. The quantitative estimate of drug-likeness (QED) is 0.324. The Labute approximate surface area is 157 Å². The Bertz CT molecular complexity index is 438. The predicted molar refractivity (Wildman–Crippen MR) is 107 cm³/mol. The van der Waals surface area contributed by atoms with E-state index in [1.165, 1.54) is 25.7 Å². The van der Waals surface area contributed by atoms with Crippen LogP contribution in [0, 0.1) is 11.8 Å². The fourth-order valence-electron chi connectivity index (χ4n) is 3.24. The molecule has 1 saturated carbocycles. The molecule has 1 aliphatic carbocycles. The van der Waals surface area contributed by atoms with Crippen molar-refractivity contribution in [1.82, 2.24) is 20.0 Å². The number of guanidine groups is 1. The summed E-state index contributed by atoms with van der Waals surface area (Å²) < 4.78 is 1.97. The second-order valence-electron chi connectivity index (χ2n) is 6.60. The van der Waals surface area contributed by atoms with Gasteiger partial charge in [-0.1, -0.05) is 19.8 Å². The molecule has 2 rings (SSSR count). The van der Waals surface area contributed by atoms with Crippen LogP contribution in [-0.2, 0) is 6.54 Å². The number of aromatic nitrogens is 2. The van der Waals surface area contributed by atoms with Gasteiger partial charge in [0.1, 0.15) is 0 Å². The highest BCUT2D eigenvalue weighted by Gasteiger charge is 2.20. The van der Waals surface area contributed by atoms with Gasteiger partial charge in [0.2, 0.25) is 0 Å². The maximum absolute atomic E-state index is 4.41. The molecule has 0 unspecified atom stereocenters. The van der Waals surface area contributed by atoms with Crippen molar-refractivity contribution in [3.63, 3.8) is 0 Å². The van der Waals surface area contributed by atoms with E-state index in [1.54, 1.807) is 0 Å². The van der Waals surface area contributed by atoms with Gasteiger partial charge < -0.3 is 10.2 Å². The maximum Gasteiger partial charge on any atom is 0.193 e. The number of hydrogen-bond acceptors (Lipinski definition) is 2. The van der Waals surface area contributed by atoms with Crippen molar-refractivity contribution >= 4 is 29.9 Å². The third-order valence-electron chi connectivity index (χ3n) is 4.65. The largest absolute Gasteiger partial charge is 0.356 e. The lowest BCUT2D eigenvalue weighted by Crippen LogP contribution is -2.42. The summed E-state index contributed by atoms with van der Waals surface area (Å²) in [5.74, 6) is 2.75. The average Bonchev–Trinajstić information content (AvgIpc) is 3.03. The molecule has 0 aromatic carbocycles. The van der Waals surface area contributed by atoms with Crippen molar-refractivity contribution in [2.75, 3.05) is 27.2 Å². The first-order valence-corrected chi connectivity index (χ1v) is 8.58. The second kappa shape index (κ2) is 10.9. The van der Waals surface area contributed by atoms with E-state index in [0.717, 1.165) is 43.9 Å². The lowest BCUT2D eigenvalue weighted by Gasteiger charge is -2.31. The minimum atomic E-state index is 0. The van der Waals surface area contributed by atoms with Crippen molar-refractivity contribution in [2.24, 2.45) is 16.8 Å². The summed E-state index contributed by atoms with van der Waals surface area (Å²) in [4.78, 5) is 6.70. The molecule has 6 heteroatoms. The second-order valence-corrected chi connectivity index (χ2v) is 6.60. The van der Waals surface area contributed by atoms with Crippen molar-refractivity contribution in [3.8, 4) is 0 Å². The van der Waals surface area contributed by atoms with Crippen LogP contribution in [0.1, 0.15) is 39.0 Å². The summed E-state index contributed by atoms with van der Waals surface area (Å²) in [5.41, 5.74) is 0. The molecule has 0 spiro atoms. The summed E-state index contributed by atoms with van der Waals surface area (Å²) in [6.45, 7) is 5.37. The molecule has 1 N–H and O–H groups in total. The first-order chi connectivity index (χ1) is 10.7. The molecule has 0 radical (unpaired) electrons. The van der Waals surface area contributed by atoms with Gasteiger partial charge in [0.05, 0.1) is 0 Å². The lowest BCUT2D eigenvalue weighted by atomic mass is 9.83. The minimum Gasteiger partial charge on any atom is -0.356 e. The van der Waals surface area contributed by atoms with E-state index in [4.69, 9.17) is 0 Å². The number of halogens is 1. The molecule has 5 nitrogen and oxygen atoms in total. The summed E-state index contributed by atoms with van der Waals surface area (Å²) >= 11 is 0. The van der Waals surface area contributed by atoms with Gasteiger partial charge in [0, 0.05) is 46.1 Å². The zero-order valence-electron chi connectivity index (χ0n) is 14.7. The number of nitrogens with one attached hydrogen (secondary N) is 1. The van der Waals surface area contributed by atoms with E-state index in [9.17, 15) is 0 Å². The zero-order valence-corrected chi connectivity index (χ0v) is 17.1. The van der Waals surface area contributed by atoms with Crippen molar-refractivity contribution in [3.05, 3.63) is 18.5 Å². The average molecular weight is 433 g/mol. The van der Waals surface area contributed by atoms with Crippen LogP contribution in [-0.4, -0.2) is 47.8 Å². The van der Waals surface area contributed by atoms with Crippen LogP contribution in [0.4, 0.5) is 0 Å². The Balaban J connectivity index is 0.00000264. The zero-order chi connectivity index (χ0) is 15.8. The Morgan fingerprint density at radius 1 is 1.35 bits per heavy atom. The molecule has 1 fully saturated rings. The van der Waals surface area contributed by atoms with Gasteiger partial charge in [0.25, 0.3) is 0 Å². The van der Waals surface area contributed by atoms with E-state index in [1.807, 2.05) is 30.2 Å². The standard InChI is InChI=1S/C17H31N5.HI/c1-15-6-8-16(9-7-15)14-21(3)17(18-2)19-10-4-12-22-13-5-11-20-22;/h5,11,13,15-16H,4,6-10,12,14H2,1-3H3,(H,18,19);1H. The van der Waals surface area contributed by atoms with Crippen LogP contribution < -0.4 is 5.32 Å². The van der Waals surface area contributed by atoms with Crippen molar-refractivity contribution in [1.29, 1.82) is 0 Å². The minimum absolute atomic E-state index is 0. The fourth-order valence-corrected chi connectivity index (χ4v) is 3.24. The van der Waals surface area contributed by atoms with Gasteiger partial charge in [-0.05, 0) is 37.2 Å². The first-order valence-electron chi connectivity index (χ1n) is 8.58. The Morgan fingerprint density at radius 3 is 2.70 bits per heavy atom. The van der Waals surface area contributed by atoms with Crippen LogP contribution in [0.3, 0.4) is 0 Å². The molecule has 23 heavy (non-hydrogen) atoms. The van der Waals surface area contributed by atoms with Crippen LogP contribution in [0.25, 0.3) is 0 Å². The third kappa shape index (κ3) is 7.10. The van der Waals surface area contributed by atoms with E-state index in [0.29, 0.717) is 0 Å². The molecule has 0 saturated heterocycles.